The fraction of sp³-hybridized carbons (Fsp3) is 0.359. The fourth-order valence-corrected chi connectivity index (χ4v) is 7.66. The third kappa shape index (κ3) is 6.83. The third-order valence-corrected chi connectivity index (χ3v) is 10.6. The standard InChI is InChI=1S/C39H43N11O4/c1-3-32(51)43-29-19-31(35(53)34(29)52)50-22-41-33-36(40-20-27(23-10-6-4-7-11-23)24-12-8-5-9-13-24)44-39(45-37(33)50)49-17-16-26(21-49)42-38(54)25-14-15-30-28(18-25)46-47-48(30)2/h4-15,18,22,26-27,29,31,34-35,52-53H,3,16-17,19-21H2,1-2H3,(H,42,54)(H,43,51)(H,40,44,45)/t26-,29+,31-,34-,35+/m1/s1. The highest BCUT2D eigenvalue weighted by Gasteiger charge is 2.44. The number of amides is 2. The molecule has 54 heavy (non-hydrogen) atoms. The maximum Gasteiger partial charge on any atom is 0.251 e. The van der Waals surface area contributed by atoms with Crippen LogP contribution in [0, 0.1) is 0 Å². The summed E-state index contributed by atoms with van der Waals surface area (Å²) in [5, 5.41) is 39.9. The molecule has 1 saturated heterocycles. The van der Waals surface area contributed by atoms with Gasteiger partial charge in [0.1, 0.15) is 17.7 Å². The van der Waals surface area contributed by atoms with Gasteiger partial charge in [0.25, 0.3) is 5.91 Å². The number of carbonyl (C=O) groups is 2. The Morgan fingerprint density at radius 2 is 1.69 bits per heavy atom. The normalized spacial score (nSPS) is 21.3. The number of aliphatic hydroxyl groups excluding tert-OH is 2. The largest absolute Gasteiger partial charge is 0.388 e. The van der Waals surface area contributed by atoms with E-state index >= 15 is 0 Å². The number of carbonyl (C=O) groups excluding carboxylic acids is 2. The summed E-state index contributed by atoms with van der Waals surface area (Å²) in [7, 11) is 1.81. The predicted octanol–water partition coefficient (Wildman–Crippen LogP) is 2.92. The third-order valence-electron chi connectivity index (χ3n) is 10.6. The Morgan fingerprint density at radius 1 is 0.944 bits per heavy atom. The monoisotopic (exact) mass is 729 g/mol. The van der Waals surface area contributed by atoms with E-state index in [1.807, 2.05) is 54.4 Å². The molecule has 6 aromatic rings. The van der Waals surface area contributed by atoms with Crippen LogP contribution in [0.25, 0.3) is 22.2 Å². The molecule has 0 unspecified atom stereocenters. The van der Waals surface area contributed by atoms with Gasteiger partial charge >= 0.3 is 0 Å². The van der Waals surface area contributed by atoms with Crippen LogP contribution in [0.3, 0.4) is 0 Å². The number of nitrogens with zero attached hydrogens (tertiary/aromatic N) is 8. The lowest BCUT2D eigenvalue weighted by atomic mass is 9.91. The molecule has 5 N–H and O–H groups in total. The van der Waals surface area contributed by atoms with Crippen molar-refractivity contribution in [2.24, 2.45) is 7.05 Å². The molecule has 2 aliphatic rings. The zero-order valence-electron chi connectivity index (χ0n) is 30.1. The number of imidazole rings is 1. The van der Waals surface area contributed by atoms with Gasteiger partial charge in [-0.2, -0.15) is 9.97 Å². The zero-order valence-corrected chi connectivity index (χ0v) is 30.1. The van der Waals surface area contributed by atoms with E-state index < -0.39 is 24.3 Å². The Hall–Kier alpha value is -5.93. The summed E-state index contributed by atoms with van der Waals surface area (Å²) in [5.41, 5.74) is 5.30. The predicted molar refractivity (Wildman–Crippen MR) is 203 cm³/mol. The van der Waals surface area contributed by atoms with Crippen molar-refractivity contribution in [1.29, 1.82) is 0 Å². The average Bonchev–Trinajstić information content (AvgIpc) is 3.99. The number of aryl methyl sites for hydroxylation is 1. The number of nitrogens with one attached hydrogen (secondary N) is 3. The molecule has 2 amide bonds. The zero-order chi connectivity index (χ0) is 37.3. The Kier molecular flexibility index (Phi) is 9.65. The average molecular weight is 730 g/mol. The van der Waals surface area contributed by atoms with Crippen LogP contribution in [0.1, 0.15) is 59.6 Å². The maximum absolute atomic E-state index is 13.3. The van der Waals surface area contributed by atoms with Crippen molar-refractivity contribution in [1.82, 2.24) is 45.1 Å². The number of rotatable bonds is 11. The Morgan fingerprint density at radius 3 is 2.41 bits per heavy atom. The minimum absolute atomic E-state index is 0.00477. The fourth-order valence-electron chi connectivity index (χ4n) is 7.66. The molecule has 15 heteroatoms. The van der Waals surface area contributed by atoms with E-state index in [0.29, 0.717) is 66.5 Å². The molecule has 3 aromatic heterocycles. The minimum atomic E-state index is -1.16. The topological polar surface area (TPSA) is 188 Å². The first-order chi connectivity index (χ1) is 26.3. The summed E-state index contributed by atoms with van der Waals surface area (Å²) < 4.78 is 3.45. The molecule has 2 fully saturated rings. The second kappa shape index (κ2) is 14.8. The SMILES string of the molecule is CCC(=O)N[C@H]1C[C@@H](n2cnc3c(NCC(c4ccccc4)c4ccccc4)nc(N4CC[C@@H](NC(=O)c5ccc6c(c5)nnn6C)C4)nc32)[C@H](O)[C@@H]1O. The summed E-state index contributed by atoms with van der Waals surface area (Å²) in [6.45, 7) is 3.33. The molecular formula is C39H43N11O4. The van der Waals surface area contributed by atoms with Crippen molar-refractivity contribution in [3.05, 3.63) is 102 Å². The van der Waals surface area contributed by atoms with Crippen LogP contribution < -0.4 is 20.9 Å². The second-order valence-electron chi connectivity index (χ2n) is 14.1. The molecule has 8 rings (SSSR count). The highest BCUT2D eigenvalue weighted by Crippen LogP contribution is 2.35. The lowest BCUT2D eigenvalue weighted by molar-refractivity contribution is -0.122. The van der Waals surface area contributed by atoms with Gasteiger partial charge in [-0.15, -0.1) is 5.10 Å². The van der Waals surface area contributed by atoms with E-state index in [4.69, 9.17) is 15.0 Å². The molecule has 3 aromatic carbocycles. The van der Waals surface area contributed by atoms with Gasteiger partial charge in [0, 0.05) is 50.6 Å². The van der Waals surface area contributed by atoms with E-state index in [2.05, 4.69) is 50.5 Å². The van der Waals surface area contributed by atoms with Crippen molar-refractivity contribution in [3.63, 3.8) is 0 Å². The molecule has 1 saturated carbocycles. The molecule has 1 aliphatic carbocycles. The van der Waals surface area contributed by atoms with Crippen LogP contribution >= 0.6 is 0 Å². The van der Waals surface area contributed by atoms with E-state index in [9.17, 15) is 19.8 Å². The summed E-state index contributed by atoms with van der Waals surface area (Å²) in [4.78, 5) is 42.3. The first-order valence-corrected chi connectivity index (χ1v) is 18.4. The van der Waals surface area contributed by atoms with Gasteiger partial charge in [0.05, 0.1) is 23.9 Å². The van der Waals surface area contributed by atoms with E-state index in [1.165, 1.54) is 0 Å². The van der Waals surface area contributed by atoms with Gasteiger partial charge < -0.3 is 35.6 Å². The first-order valence-electron chi connectivity index (χ1n) is 18.4. The Labute approximate surface area is 311 Å². The first kappa shape index (κ1) is 35.1. The van der Waals surface area contributed by atoms with Crippen molar-refractivity contribution in [2.75, 3.05) is 29.9 Å². The van der Waals surface area contributed by atoms with Crippen LogP contribution in [-0.4, -0.2) is 100 Å². The van der Waals surface area contributed by atoms with Gasteiger partial charge in [0.15, 0.2) is 17.0 Å². The van der Waals surface area contributed by atoms with E-state index in [-0.39, 0.29) is 30.2 Å². The number of benzene rings is 3. The summed E-state index contributed by atoms with van der Waals surface area (Å²) in [6, 6.07) is 24.5. The summed E-state index contributed by atoms with van der Waals surface area (Å²) in [5.74, 6) is 0.584. The molecule has 5 atom stereocenters. The quantitative estimate of drug-likeness (QED) is 0.132. The van der Waals surface area contributed by atoms with Gasteiger partial charge in [-0.25, -0.2) is 9.67 Å². The molecule has 0 bridgehead atoms. The van der Waals surface area contributed by atoms with Gasteiger partial charge in [0.2, 0.25) is 11.9 Å². The van der Waals surface area contributed by atoms with Gasteiger partial charge in [-0.3, -0.25) is 9.59 Å². The highest BCUT2D eigenvalue weighted by molar-refractivity contribution is 5.97. The lowest BCUT2D eigenvalue weighted by Crippen LogP contribution is -2.42. The number of hydrogen-bond donors (Lipinski definition) is 5. The van der Waals surface area contributed by atoms with Gasteiger partial charge in [-0.05, 0) is 42.2 Å². The van der Waals surface area contributed by atoms with Gasteiger partial charge in [-0.1, -0.05) is 72.8 Å². The van der Waals surface area contributed by atoms with Crippen molar-refractivity contribution >= 4 is 45.8 Å². The number of anilines is 2. The number of fused-ring (bicyclic) bond motifs is 2. The molecule has 278 valence electrons. The maximum atomic E-state index is 13.3. The summed E-state index contributed by atoms with van der Waals surface area (Å²) in [6.07, 6.45) is 0.545. The van der Waals surface area contributed by atoms with E-state index in [0.717, 1.165) is 16.6 Å². The molecule has 1 aliphatic heterocycles. The molecule has 0 spiro atoms. The van der Waals surface area contributed by atoms with Crippen LogP contribution in [0.15, 0.2) is 85.2 Å². The van der Waals surface area contributed by atoms with Crippen LogP contribution in [0.4, 0.5) is 11.8 Å². The van der Waals surface area contributed by atoms with Crippen LogP contribution in [-0.2, 0) is 11.8 Å². The Bertz CT molecular complexity index is 2240. The number of aromatic nitrogens is 7. The minimum Gasteiger partial charge on any atom is -0.388 e. The van der Waals surface area contributed by atoms with Crippen molar-refractivity contribution < 1.29 is 19.8 Å². The van der Waals surface area contributed by atoms with Crippen LogP contribution in [0.5, 0.6) is 0 Å². The van der Waals surface area contributed by atoms with E-state index in [1.54, 1.807) is 34.6 Å². The lowest BCUT2D eigenvalue weighted by Gasteiger charge is -2.22. The molecule has 15 nitrogen and oxygen atoms in total. The summed E-state index contributed by atoms with van der Waals surface area (Å²) >= 11 is 0. The molecule has 4 heterocycles. The smallest absolute Gasteiger partial charge is 0.251 e. The second-order valence-corrected chi connectivity index (χ2v) is 14.1. The van der Waals surface area contributed by atoms with Crippen LogP contribution in [0.2, 0.25) is 0 Å². The molecular weight excluding hydrogens is 687 g/mol. The number of hydrogen-bond acceptors (Lipinski definition) is 11. The molecule has 0 radical (unpaired) electrons. The van der Waals surface area contributed by atoms with Crippen molar-refractivity contribution in [3.8, 4) is 0 Å². The highest BCUT2D eigenvalue weighted by atomic mass is 16.3. The number of aliphatic hydroxyl groups is 2. The van der Waals surface area contributed by atoms with Crippen molar-refractivity contribution in [2.45, 2.75) is 62.4 Å². The Balaban J connectivity index is 1.09.